The third kappa shape index (κ3) is 4.91. The Hall–Kier alpha value is -2.69. The minimum atomic E-state index is -0.351. The zero-order chi connectivity index (χ0) is 17.5. The fourth-order valence-corrected chi connectivity index (χ4v) is 2.40. The Bertz CT molecular complexity index is 714. The lowest BCUT2D eigenvalue weighted by atomic mass is 10.2. The smallest absolute Gasteiger partial charge is 0.236 e. The molecule has 0 fully saturated rings. The number of aryl methyl sites for hydroxylation is 1. The number of amides is 2. The highest BCUT2D eigenvalue weighted by Crippen LogP contribution is 2.16. The normalized spacial score (nSPS) is 10.3. The van der Waals surface area contributed by atoms with Gasteiger partial charge in [0.05, 0.1) is 0 Å². The van der Waals surface area contributed by atoms with Gasteiger partial charge < -0.3 is 10.2 Å². The summed E-state index contributed by atoms with van der Waals surface area (Å²) in [4.78, 5) is 25.9. The Labute approximate surface area is 141 Å². The molecule has 0 unspecified atom stereocenters. The molecule has 0 radical (unpaired) electrons. The second-order valence-electron chi connectivity index (χ2n) is 5.56. The summed E-state index contributed by atoms with van der Waals surface area (Å²) in [6.07, 6.45) is -0.219. The van der Waals surface area contributed by atoms with Gasteiger partial charge in [0.1, 0.15) is 12.2 Å². The van der Waals surface area contributed by atoms with E-state index in [2.05, 4.69) is 5.32 Å². The Morgan fingerprint density at radius 2 is 1.83 bits per heavy atom. The molecule has 2 aromatic rings. The van der Waals surface area contributed by atoms with Crippen LogP contribution in [-0.4, -0.2) is 18.4 Å². The molecule has 2 amide bonds. The van der Waals surface area contributed by atoms with Crippen LogP contribution in [0.2, 0.25) is 0 Å². The lowest BCUT2D eigenvalue weighted by Crippen LogP contribution is -2.35. The van der Waals surface area contributed by atoms with E-state index >= 15 is 0 Å². The molecule has 2 aromatic carbocycles. The van der Waals surface area contributed by atoms with Crippen molar-refractivity contribution in [3.8, 4) is 0 Å². The van der Waals surface area contributed by atoms with Crippen LogP contribution in [0.5, 0.6) is 0 Å². The molecule has 0 aromatic heterocycles. The van der Waals surface area contributed by atoms with Gasteiger partial charge in [-0.25, -0.2) is 4.39 Å². The molecule has 0 spiro atoms. The first-order chi connectivity index (χ1) is 11.5. The predicted octanol–water partition coefficient (Wildman–Crippen LogP) is 3.19. The minimum absolute atomic E-state index is 0.219. The standard InChI is InChI=1S/C19H21FN2O2/c1-3-22(17-6-4-5-14(2)11-17)19(24)12-18(23)21-13-15-7-9-16(20)10-8-15/h4-11H,3,12-13H2,1-2H3,(H,21,23). The van der Waals surface area contributed by atoms with E-state index in [0.29, 0.717) is 6.54 Å². The quantitative estimate of drug-likeness (QED) is 0.828. The van der Waals surface area contributed by atoms with Crippen LogP contribution in [0.3, 0.4) is 0 Å². The number of hydrogen-bond donors (Lipinski definition) is 1. The van der Waals surface area contributed by atoms with Crippen LogP contribution in [0.25, 0.3) is 0 Å². The molecule has 0 heterocycles. The summed E-state index contributed by atoms with van der Waals surface area (Å²) in [6.45, 7) is 4.59. The maximum atomic E-state index is 12.8. The summed E-state index contributed by atoms with van der Waals surface area (Å²) in [6, 6.07) is 13.5. The van der Waals surface area contributed by atoms with E-state index in [4.69, 9.17) is 0 Å². The Kier molecular flexibility index (Phi) is 6.07. The number of nitrogens with zero attached hydrogens (tertiary/aromatic N) is 1. The first kappa shape index (κ1) is 17.7. The Morgan fingerprint density at radius 1 is 1.12 bits per heavy atom. The molecule has 126 valence electrons. The van der Waals surface area contributed by atoms with E-state index in [9.17, 15) is 14.0 Å². The van der Waals surface area contributed by atoms with Gasteiger partial charge in [0.2, 0.25) is 11.8 Å². The predicted molar refractivity (Wildman–Crippen MR) is 92.1 cm³/mol. The van der Waals surface area contributed by atoms with E-state index in [1.165, 1.54) is 12.1 Å². The van der Waals surface area contributed by atoms with Gasteiger partial charge in [-0.1, -0.05) is 24.3 Å². The van der Waals surface area contributed by atoms with E-state index < -0.39 is 0 Å². The highest BCUT2D eigenvalue weighted by Gasteiger charge is 2.17. The average Bonchev–Trinajstić information content (AvgIpc) is 2.55. The molecule has 2 rings (SSSR count). The van der Waals surface area contributed by atoms with E-state index in [-0.39, 0.29) is 30.6 Å². The van der Waals surface area contributed by atoms with Crippen molar-refractivity contribution in [3.63, 3.8) is 0 Å². The molecular weight excluding hydrogens is 307 g/mol. The number of anilines is 1. The maximum absolute atomic E-state index is 12.8. The summed E-state index contributed by atoms with van der Waals surface area (Å²) in [5, 5.41) is 2.68. The monoisotopic (exact) mass is 328 g/mol. The Balaban J connectivity index is 1.92. The summed E-state index contributed by atoms with van der Waals surface area (Å²) < 4.78 is 12.8. The third-order valence-corrected chi connectivity index (χ3v) is 3.65. The number of benzene rings is 2. The molecule has 0 aliphatic rings. The van der Waals surface area contributed by atoms with Crippen molar-refractivity contribution < 1.29 is 14.0 Å². The molecule has 4 nitrogen and oxygen atoms in total. The van der Waals surface area contributed by atoms with Crippen molar-refractivity contribution in [1.82, 2.24) is 5.32 Å². The van der Waals surface area contributed by atoms with Crippen molar-refractivity contribution in [3.05, 3.63) is 65.5 Å². The number of nitrogens with one attached hydrogen (secondary N) is 1. The van der Waals surface area contributed by atoms with E-state index in [1.807, 2.05) is 38.1 Å². The summed E-state index contributed by atoms with van der Waals surface area (Å²) in [5.41, 5.74) is 2.62. The first-order valence-corrected chi connectivity index (χ1v) is 7.87. The zero-order valence-electron chi connectivity index (χ0n) is 13.9. The van der Waals surface area contributed by atoms with Crippen LogP contribution < -0.4 is 10.2 Å². The molecule has 0 saturated heterocycles. The Morgan fingerprint density at radius 3 is 2.46 bits per heavy atom. The number of carbonyl (C=O) groups excluding carboxylic acids is 2. The largest absolute Gasteiger partial charge is 0.352 e. The van der Waals surface area contributed by atoms with Gasteiger partial charge >= 0.3 is 0 Å². The van der Waals surface area contributed by atoms with Gasteiger partial charge in [-0.05, 0) is 49.2 Å². The second-order valence-corrected chi connectivity index (χ2v) is 5.56. The van der Waals surface area contributed by atoms with Crippen LogP contribution in [0.1, 0.15) is 24.5 Å². The van der Waals surface area contributed by atoms with Crippen molar-refractivity contribution in [1.29, 1.82) is 0 Å². The van der Waals surface area contributed by atoms with Crippen molar-refractivity contribution in [2.24, 2.45) is 0 Å². The molecular formula is C19H21FN2O2. The summed E-state index contributed by atoms with van der Waals surface area (Å²) in [5.74, 6) is -0.924. The summed E-state index contributed by atoms with van der Waals surface area (Å²) >= 11 is 0. The van der Waals surface area contributed by atoms with Crippen LogP contribution in [0, 0.1) is 12.7 Å². The minimum Gasteiger partial charge on any atom is -0.352 e. The molecule has 24 heavy (non-hydrogen) atoms. The SMILES string of the molecule is CCN(C(=O)CC(=O)NCc1ccc(F)cc1)c1cccc(C)c1. The van der Waals surface area contributed by atoms with Crippen LogP contribution >= 0.6 is 0 Å². The van der Waals surface area contributed by atoms with Crippen LogP contribution in [0.15, 0.2) is 48.5 Å². The zero-order valence-corrected chi connectivity index (χ0v) is 13.9. The van der Waals surface area contributed by atoms with Gasteiger partial charge in [0.25, 0.3) is 0 Å². The van der Waals surface area contributed by atoms with Gasteiger partial charge in [0, 0.05) is 18.8 Å². The van der Waals surface area contributed by atoms with Crippen molar-refractivity contribution in [2.75, 3.05) is 11.4 Å². The van der Waals surface area contributed by atoms with E-state index in [1.54, 1.807) is 17.0 Å². The lowest BCUT2D eigenvalue weighted by molar-refractivity contribution is -0.128. The second kappa shape index (κ2) is 8.24. The highest BCUT2D eigenvalue weighted by molar-refractivity contribution is 6.04. The molecule has 0 saturated carbocycles. The molecule has 5 heteroatoms. The highest BCUT2D eigenvalue weighted by atomic mass is 19.1. The van der Waals surface area contributed by atoms with Gasteiger partial charge in [0.15, 0.2) is 0 Å². The molecule has 0 aliphatic carbocycles. The van der Waals surface area contributed by atoms with Crippen LogP contribution in [-0.2, 0) is 16.1 Å². The van der Waals surface area contributed by atoms with Gasteiger partial charge in [-0.3, -0.25) is 9.59 Å². The fourth-order valence-electron chi connectivity index (χ4n) is 2.40. The number of hydrogen-bond acceptors (Lipinski definition) is 2. The van der Waals surface area contributed by atoms with Crippen LogP contribution in [0.4, 0.5) is 10.1 Å². The summed E-state index contributed by atoms with van der Waals surface area (Å²) in [7, 11) is 0. The lowest BCUT2D eigenvalue weighted by Gasteiger charge is -2.21. The average molecular weight is 328 g/mol. The number of rotatable bonds is 6. The van der Waals surface area contributed by atoms with Gasteiger partial charge in [-0.15, -0.1) is 0 Å². The number of halogens is 1. The fraction of sp³-hybridized carbons (Fsp3) is 0.263. The van der Waals surface area contributed by atoms with Gasteiger partial charge in [-0.2, -0.15) is 0 Å². The van der Waals surface area contributed by atoms with E-state index in [0.717, 1.165) is 16.8 Å². The third-order valence-electron chi connectivity index (χ3n) is 3.65. The molecule has 1 N–H and O–H groups in total. The molecule has 0 aliphatic heterocycles. The molecule has 0 bridgehead atoms. The maximum Gasteiger partial charge on any atom is 0.236 e. The number of carbonyl (C=O) groups is 2. The van der Waals surface area contributed by atoms with Crippen molar-refractivity contribution in [2.45, 2.75) is 26.8 Å². The molecule has 0 atom stereocenters. The first-order valence-electron chi connectivity index (χ1n) is 7.87. The topological polar surface area (TPSA) is 49.4 Å². The van der Waals surface area contributed by atoms with Crippen molar-refractivity contribution >= 4 is 17.5 Å².